The molecular weight excluding hydrogens is 216 g/mol. The van der Waals surface area contributed by atoms with Crippen molar-refractivity contribution in [1.29, 1.82) is 0 Å². The highest BCUT2D eigenvalue weighted by atomic mass is 17.5. The van der Waals surface area contributed by atoms with E-state index in [1.165, 1.54) is 11.1 Å². The number of fused-ring (bicyclic) bond motifs is 3. The zero-order chi connectivity index (χ0) is 11.8. The standard InChI is InChI=1S/C14H18O3/c1-3-9(4-2)12-10-7-5-6-8-11(10)13-14(12)16-17-15-13/h5-9,12-14H,3-4H2,1-2H3/t12-,13-,14+/m1/s1. The molecule has 1 aliphatic carbocycles. The first-order valence-corrected chi connectivity index (χ1v) is 6.44. The Balaban J connectivity index is 2.02. The summed E-state index contributed by atoms with van der Waals surface area (Å²) in [5.41, 5.74) is 2.60. The molecule has 3 rings (SSSR count). The summed E-state index contributed by atoms with van der Waals surface area (Å²) in [5.74, 6) is 1.02. The average molecular weight is 234 g/mol. The summed E-state index contributed by atoms with van der Waals surface area (Å²) in [5, 5.41) is 4.74. The van der Waals surface area contributed by atoms with E-state index in [1.807, 2.05) is 6.07 Å². The van der Waals surface area contributed by atoms with Crippen LogP contribution in [0.15, 0.2) is 24.3 Å². The van der Waals surface area contributed by atoms with E-state index in [1.54, 1.807) is 0 Å². The second-order valence-electron chi connectivity index (χ2n) is 4.88. The Kier molecular flexibility index (Phi) is 2.90. The third-order valence-corrected chi connectivity index (χ3v) is 4.16. The summed E-state index contributed by atoms with van der Waals surface area (Å²) < 4.78 is 0. The van der Waals surface area contributed by atoms with E-state index in [4.69, 9.17) is 14.8 Å². The summed E-state index contributed by atoms with van der Waals surface area (Å²) in [6.45, 7) is 4.47. The van der Waals surface area contributed by atoms with Crippen molar-refractivity contribution in [2.45, 2.75) is 44.8 Å². The average Bonchev–Trinajstić information content (AvgIpc) is 2.93. The fourth-order valence-electron chi connectivity index (χ4n) is 3.26. The van der Waals surface area contributed by atoms with E-state index in [2.05, 4.69) is 32.0 Å². The highest BCUT2D eigenvalue weighted by Gasteiger charge is 2.49. The van der Waals surface area contributed by atoms with Gasteiger partial charge in [0.25, 0.3) is 0 Å². The molecule has 0 amide bonds. The van der Waals surface area contributed by atoms with Crippen molar-refractivity contribution in [2.75, 3.05) is 0 Å². The molecule has 2 aliphatic rings. The predicted molar refractivity (Wildman–Crippen MR) is 63.0 cm³/mol. The van der Waals surface area contributed by atoms with Gasteiger partial charge in [-0.1, -0.05) is 56.0 Å². The fourth-order valence-corrected chi connectivity index (χ4v) is 3.26. The molecule has 1 aromatic carbocycles. The molecule has 1 heterocycles. The van der Waals surface area contributed by atoms with Gasteiger partial charge in [-0.3, -0.25) is 0 Å². The van der Waals surface area contributed by atoms with Gasteiger partial charge in [0.05, 0.1) is 0 Å². The van der Waals surface area contributed by atoms with E-state index < -0.39 is 0 Å². The first kappa shape index (κ1) is 11.2. The van der Waals surface area contributed by atoms with Gasteiger partial charge < -0.3 is 0 Å². The summed E-state index contributed by atoms with van der Waals surface area (Å²) in [7, 11) is 0. The van der Waals surface area contributed by atoms with Gasteiger partial charge in [0.2, 0.25) is 0 Å². The lowest BCUT2D eigenvalue weighted by Gasteiger charge is -2.24. The van der Waals surface area contributed by atoms with E-state index in [9.17, 15) is 0 Å². The van der Waals surface area contributed by atoms with Crippen LogP contribution in [0, 0.1) is 5.92 Å². The molecule has 1 saturated heterocycles. The molecule has 0 N–H and O–H groups in total. The second kappa shape index (κ2) is 4.41. The van der Waals surface area contributed by atoms with Crippen LogP contribution in [-0.4, -0.2) is 6.10 Å². The minimum atomic E-state index is -0.0446. The summed E-state index contributed by atoms with van der Waals surface area (Å²) >= 11 is 0. The largest absolute Gasteiger partial charge is 0.199 e. The molecular formula is C14H18O3. The third kappa shape index (κ3) is 1.61. The van der Waals surface area contributed by atoms with Gasteiger partial charge in [-0.25, -0.2) is 0 Å². The van der Waals surface area contributed by atoms with Crippen molar-refractivity contribution in [3.05, 3.63) is 35.4 Å². The molecule has 3 atom stereocenters. The third-order valence-electron chi connectivity index (χ3n) is 4.16. The molecule has 1 fully saturated rings. The van der Waals surface area contributed by atoms with Crippen LogP contribution in [-0.2, 0) is 14.8 Å². The van der Waals surface area contributed by atoms with E-state index in [0.29, 0.717) is 11.8 Å². The van der Waals surface area contributed by atoms with Crippen molar-refractivity contribution in [3.63, 3.8) is 0 Å². The Labute approximate surface area is 102 Å². The lowest BCUT2D eigenvalue weighted by molar-refractivity contribution is -0.468. The van der Waals surface area contributed by atoms with Crippen molar-refractivity contribution >= 4 is 0 Å². The maximum Gasteiger partial charge on any atom is 0.151 e. The zero-order valence-electron chi connectivity index (χ0n) is 10.3. The Morgan fingerprint density at radius 3 is 2.47 bits per heavy atom. The quantitative estimate of drug-likeness (QED) is 0.749. The predicted octanol–water partition coefficient (Wildman–Crippen LogP) is 3.52. The van der Waals surface area contributed by atoms with Gasteiger partial charge in [0, 0.05) is 5.92 Å². The monoisotopic (exact) mass is 234 g/mol. The van der Waals surface area contributed by atoms with Crippen LogP contribution in [0.25, 0.3) is 0 Å². The molecule has 0 unspecified atom stereocenters. The SMILES string of the molecule is CCC(CC)[C@@H]1c2ccccc2[C@H]2OOO[C@H]21. The molecule has 0 spiro atoms. The maximum atomic E-state index is 5.33. The van der Waals surface area contributed by atoms with Crippen LogP contribution >= 0.6 is 0 Å². The Morgan fingerprint density at radius 2 is 1.76 bits per heavy atom. The summed E-state index contributed by atoms with van der Waals surface area (Å²) in [4.78, 5) is 10.6. The number of rotatable bonds is 3. The van der Waals surface area contributed by atoms with Crippen LogP contribution in [0.2, 0.25) is 0 Å². The smallest absolute Gasteiger partial charge is 0.151 e. The number of hydrogen-bond donors (Lipinski definition) is 0. The van der Waals surface area contributed by atoms with Gasteiger partial charge in [-0.15, -0.1) is 0 Å². The van der Waals surface area contributed by atoms with E-state index in [0.717, 1.165) is 12.8 Å². The first-order chi connectivity index (χ1) is 8.36. The molecule has 3 nitrogen and oxygen atoms in total. The van der Waals surface area contributed by atoms with Crippen LogP contribution < -0.4 is 0 Å². The number of hydrogen-bond acceptors (Lipinski definition) is 3. The van der Waals surface area contributed by atoms with Crippen LogP contribution in [0.3, 0.4) is 0 Å². The molecule has 3 heteroatoms. The van der Waals surface area contributed by atoms with Gasteiger partial charge in [0.1, 0.15) is 6.10 Å². The van der Waals surface area contributed by atoms with E-state index >= 15 is 0 Å². The minimum Gasteiger partial charge on any atom is -0.199 e. The summed E-state index contributed by atoms with van der Waals surface area (Å²) in [6, 6.07) is 8.46. The Morgan fingerprint density at radius 1 is 1.06 bits per heavy atom. The van der Waals surface area contributed by atoms with Crippen LogP contribution in [0.1, 0.15) is 49.8 Å². The molecule has 17 heavy (non-hydrogen) atoms. The Hall–Kier alpha value is -0.900. The zero-order valence-corrected chi connectivity index (χ0v) is 10.3. The molecule has 0 bridgehead atoms. The van der Waals surface area contributed by atoms with Crippen LogP contribution in [0.5, 0.6) is 0 Å². The molecule has 1 aromatic rings. The van der Waals surface area contributed by atoms with Gasteiger partial charge in [0.15, 0.2) is 6.10 Å². The number of benzene rings is 1. The van der Waals surface area contributed by atoms with Crippen molar-refractivity contribution in [1.82, 2.24) is 0 Å². The fraction of sp³-hybridized carbons (Fsp3) is 0.571. The highest BCUT2D eigenvalue weighted by Crippen LogP contribution is 2.51. The molecule has 0 saturated carbocycles. The molecule has 0 aromatic heterocycles. The summed E-state index contributed by atoms with van der Waals surface area (Å²) in [6.07, 6.45) is 2.29. The molecule has 0 radical (unpaired) electrons. The van der Waals surface area contributed by atoms with Crippen molar-refractivity contribution in [3.8, 4) is 0 Å². The van der Waals surface area contributed by atoms with E-state index in [-0.39, 0.29) is 12.2 Å². The maximum absolute atomic E-state index is 5.33. The van der Waals surface area contributed by atoms with Gasteiger partial charge >= 0.3 is 0 Å². The van der Waals surface area contributed by atoms with Gasteiger partial charge in [-0.2, -0.15) is 9.78 Å². The molecule has 1 aliphatic heterocycles. The van der Waals surface area contributed by atoms with Crippen molar-refractivity contribution < 1.29 is 14.8 Å². The lowest BCUT2D eigenvalue weighted by Crippen LogP contribution is -2.23. The Bertz CT molecular complexity index is 400. The highest BCUT2D eigenvalue weighted by molar-refractivity contribution is 5.40. The van der Waals surface area contributed by atoms with Crippen molar-refractivity contribution in [2.24, 2.45) is 5.92 Å². The van der Waals surface area contributed by atoms with Gasteiger partial charge in [-0.05, 0) is 17.0 Å². The topological polar surface area (TPSA) is 27.7 Å². The van der Waals surface area contributed by atoms with Crippen LogP contribution in [0.4, 0.5) is 0 Å². The second-order valence-corrected chi connectivity index (χ2v) is 4.88. The normalized spacial score (nSPS) is 30.6. The molecule has 92 valence electrons. The minimum absolute atomic E-state index is 0.0253. The lowest BCUT2D eigenvalue weighted by atomic mass is 9.82. The first-order valence-electron chi connectivity index (χ1n) is 6.44.